The normalized spacial score (nSPS) is 13.6. The van der Waals surface area contributed by atoms with Crippen molar-refractivity contribution in [2.24, 2.45) is 0 Å². The Morgan fingerprint density at radius 3 is 1.25 bits per heavy atom. The molecule has 0 aliphatic carbocycles. The van der Waals surface area contributed by atoms with Gasteiger partial charge in [-0.2, -0.15) is 0 Å². The van der Waals surface area contributed by atoms with Gasteiger partial charge in [-0.15, -0.1) is 0 Å². The van der Waals surface area contributed by atoms with Crippen molar-refractivity contribution in [1.82, 2.24) is 0 Å². The Hall–Kier alpha value is -1.09. The Morgan fingerprint density at radius 1 is 0.650 bits per heavy atom. The first-order chi connectivity index (χ1) is 9.43. The Balaban J connectivity index is 0.000000482. The average molecular weight is 277 g/mol. The summed E-state index contributed by atoms with van der Waals surface area (Å²) in [5, 5.41) is 5.25. The van der Waals surface area contributed by atoms with Crippen LogP contribution in [0.5, 0.6) is 0 Å². The van der Waals surface area contributed by atoms with Crippen molar-refractivity contribution in [3.05, 3.63) is 60.7 Å². The summed E-state index contributed by atoms with van der Waals surface area (Å²) >= 11 is 0. The molecule has 2 heteroatoms. The third kappa shape index (κ3) is 3.72. The molecule has 0 spiro atoms. The second-order valence-electron chi connectivity index (χ2n) is 4.87. The van der Waals surface area contributed by atoms with E-state index in [1.165, 1.54) is 34.4 Å². The standard InChI is InChI=1S/C14H10.C4H8O.Mg.2H/c1-2-6-12-10-14-8-4-3-7-13(14)9-11(12)5-1;1-2-4-5-3-1;;;/h1-10H;1-4H2;;;/q;;+2;2*-1. The van der Waals surface area contributed by atoms with Crippen LogP contribution < -0.4 is 0 Å². The number of rotatable bonds is 0. The third-order valence-electron chi connectivity index (χ3n) is 3.44. The van der Waals surface area contributed by atoms with E-state index in [1.54, 1.807) is 0 Å². The fraction of sp³-hybridized carbons (Fsp3) is 0.222. The number of hydrogen-bond acceptors (Lipinski definition) is 1. The quantitative estimate of drug-likeness (QED) is 0.429. The zero-order valence-electron chi connectivity index (χ0n) is 13.7. The molecule has 0 bridgehead atoms. The molecule has 0 radical (unpaired) electrons. The monoisotopic (exact) mass is 276 g/mol. The zero-order chi connectivity index (χ0) is 12.9. The Labute approximate surface area is 139 Å². The average Bonchev–Trinajstić information content (AvgIpc) is 3.04. The van der Waals surface area contributed by atoms with E-state index in [0.717, 1.165) is 13.2 Å². The van der Waals surface area contributed by atoms with E-state index in [2.05, 4.69) is 60.7 Å². The van der Waals surface area contributed by atoms with Gasteiger partial charge in [-0.05, 0) is 46.5 Å². The van der Waals surface area contributed by atoms with Crippen molar-refractivity contribution in [3.63, 3.8) is 0 Å². The van der Waals surface area contributed by atoms with Crippen molar-refractivity contribution < 1.29 is 7.59 Å². The van der Waals surface area contributed by atoms with Gasteiger partial charge in [0.05, 0.1) is 0 Å². The maximum absolute atomic E-state index is 4.94. The van der Waals surface area contributed by atoms with Gasteiger partial charge in [0.25, 0.3) is 0 Å². The summed E-state index contributed by atoms with van der Waals surface area (Å²) in [6.07, 6.45) is 2.56. The fourth-order valence-electron chi connectivity index (χ4n) is 2.39. The van der Waals surface area contributed by atoms with Crippen LogP contribution in [0.4, 0.5) is 0 Å². The molecule has 3 aromatic rings. The minimum atomic E-state index is 0. The molecule has 20 heavy (non-hydrogen) atoms. The van der Waals surface area contributed by atoms with Gasteiger partial charge < -0.3 is 7.59 Å². The van der Waals surface area contributed by atoms with Crippen LogP contribution in [0, 0.1) is 0 Å². The first-order valence-electron chi connectivity index (χ1n) is 6.89. The van der Waals surface area contributed by atoms with Gasteiger partial charge in [0, 0.05) is 13.2 Å². The van der Waals surface area contributed by atoms with Gasteiger partial charge in [0.15, 0.2) is 0 Å². The van der Waals surface area contributed by atoms with Crippen LogP contribution in [0.25, 0.3) is 21.5 Å². The van der Waals surface area contributed by atoms with E-state index in [1.807, 2.05) is 0 Å². The van der Waals surface area contributed by atoms with E-state index in [0.29, 0.717) is 0 Å². The molecule has 0 N–H and O–H groups in total. The summed E-state index contributed by atoms with van der Waals surface area (Å²) < 4.78 is 4.94. The Kier molecular flexibility index (Phi) is 5.83. The Morgan fingerprint density at radius 2 is 1.00 bits per heavy atom. The van der Waals surface area contributed by atoms with Crippen LogP contribution in [0.3, 0.4) is 0 Å². The molecule has 0 saturated carbocycles. The molecule has 100 valence electrons. The number of benzene rings is 3. The minimum absolute atomic E-state index is 0. The molecule has 4 rings (SSSR count). The van der Waals surface area contributed by atoms with Crippen molar-refractivity contribution in [2.75, 3.05) is 13.2 Å². The number of fused-ring (bicyclic) bond motifs is 2. The molecule has 3 aromatic carbocycles. The molecule has 1 aliphatic rings. The number of ether oxygens (including phenoxy) is 1. The summed E-state index contributed by atoms with van der Waals surface area (Å²) in [5.74, 6) is 0. The SMILES string of the molecule is C1CCOC1.[H-].[H-].[Mg+2].c1ccc2cc3ccccc3cc2c1. The van der Waals surface area contributed by atoms with Crippen LogP contribution in [0.2, 0.25) is 0 Å². The van der Waals surface area contributed by atoms with Gasteiger partial charge in [0.2, 0.25) is 0 Å². The predicted octanol–water partition coefficient (Wildman–Crippen LogP) is 4.63. The minimum Gasteiger partial charge on any atom is -1.00 e. The second-order valence-corrected chi connectivity index (χ2v) is 4.87. The van der Waals surface area contributed by atoms with E-state index >= 15 is 0 Å². The van der Waals surface area contributed by atoms with Crippen LogP contribution in [0.15, 0.2) is 60.7 Å². The maximum Gasteiger partial charge on any atom is 2.00 e. The van der Waals surface area contributed by atoms with E-state index in [4.69, 9.17) is 4.74 Å². The van der Waals surface area contributed by atoms with Gasteiger partial charge >= 0.3 is 23.1 Å². The summed E-state index contributed by atoms with van der Waals surface area (Å²) in [4.78, 5) is 0. The van der Waals surface area contributed by atoms with Crippen molar-refractivity contribution in [2.45, 2.75) is 12.8 Å². The topological polar surface area (TPSA) is 9.23 Å². The number of hydrogen-bond donors (Lipinski definition) is 0. The van der Waals surface area contributed by atoms with Gasteiger partial charge in [-0.1, -0.05) is 48.5 Å². The predicted molar refractivity (Wildman–Crippen MR) is 89.5 cm³/mol. The fourth-order valence-corrected chi connectivity index (χ4v) is 2.39. The van der Waals surface area contributed by atoms with Gasteiger partial charge in [0.1, 0.15) is 0 Å². The third-order valence-corrected chi connectivity index (χ3v) is 3.44. The molecule has 0 atom stereocenters. The largest absolute Gasteiger partial charge is 2.00 e. The van der Waals surface area contributed by atoms with Crippen molar-refractivity contribution in [3.8, 4) is 0 Å². The Bertz CT molecular complexity index is 571. The summed E-state index contributed by atoms with van der Waals surface area (Å²) in [6.45, 7) is 2.00. The van der Waals surface area contributed by atoms with Gasteiger partial charge in [-0.3, -0.25) is 0 Å². The molecule has 0 aromatic heterocycles. The molecule has 1 fully saturated rings. The molecule has 1 saturated heterocycles. The molecule has 1 heterocycles. The molecule has 0 amide bonds. The van der Waals surface area contributed by atoms with Crippen LogP contribution in [-0.4, -0.2) is 36.3 Å². The van der Waals surface area contributed by atoms with Crippen molar-refractivity contribution >= 4 is 44.6 Å². The van der Waals surface area contributed by atoms with Crippen LogP contribution >= 0.6 is 0 Å². The molecule has 1 aliphatic heterocycles. The van der Waals surface area contributed by atoms with E-state index < -0.39 is 0 Å². The maximum atomic E-state index is 4.94. The summed E-state index contributed by atoms with van der Waals surface area (Å²) in [5.41, 5.74) is 0. The van der Waals surface area contributed by atoms with Gasteiger partial charge in [-0.25, -0.2) is 0 Å². The molecular weight excluding hydrogens is 257 g/mol. The van der Waals surface area contributed by atoms with E-state index in [9.17, 15) is 0 Å². The second kappa shape index (κ2) is 7.63. The molecule has 1 nitrogen and oxygen atoms in total. The van der Waals surface area contributed by atoms with Crippen molar-refractivity contribution in [1.29, 1.82) is 0 Å². The smallest absolute Gasteiger partial charge is 1.00 e. The molecule has 0 unspecified atom stereocenters. The first-order valence-corrected chi connectivity index (χ1v) is 6.89. The van der Waals surface area contributed by atoms with Crippen LogP contribution in [0.1, 0.15) is 15.7 Å². The molecular formula is C18H20MgO. The van der Waals surface area contributed by atoms with E-state index in [-0.39, 0.29) is 25.9 Å². The first kappa shape index (κ1) is 15.3. The zero-order valence-corrected chi connectivity index (χ0v) is 13.1. The summed E-state index contributed by atoms with van der Waals surface area (Å²) in [7, 11) is 0. The summed E-state index contributed by atoms with van der Waals surface area (Å²) in [6, 6.07) is 21.4. The van der Waals surface area contributed by atoms with Crippen LogP contribution in [-0.2, 0) is 4.74 Å².